The quantitative estimate of drug-likeness (QED) is 0.712. The summed E-state index contributed by atoms with van der Waals surface area (Å²) in [6.07, 6.45) is 2.31. The first-order chi connectivity index (χ1) is 8.13. The second-order valence-corrected chi connectivity index (χ2v) is 3.47. The molecule has 17 heavy (non-hydrogen) atoms. The van der Waals surface area contributed by atoms with Crippen LogP contribution in [0.25, 0.3) is 0 Å². The zero-order valence-electron chi connectivity index (χ0n) is 9.56. The van der Waals surface area contributed by atoms with Crippen molar-refractivity contribution in [2.45, 2.75) is 19.9 Å². The number of carbonyl (C=O) groups excluding carboxylic acids is 1. The molecule has 0 aromatic carbocycles. The number of carboxylic acid groups (broad SMARTS) is 1. The number of carbonyl (C=O) groups is 2. The van der Waals surface area contributed by atoms with Crippen molar-refractivity contribution in [1.82, 2.24) is 15.6 Å². The molecule has 2 amide bonds. The molecule has 0 saturated carbocycles. The van der Waals surface area contributed by atoms with Gasteiger partial charge in [-0.3, -0.25) is 0 Å². The third-order valence-corrected chi connectivity index (χ3v) is 2.03. The number of rotatable bonds is 5. The van der Waals surface area contributed by atoms with E-state index in [9.17, 15) is 9.59 Å². The number of hydrogen-bond acceptors (Lipinski definition) is 3. The van der Waals surface area contributed by atoms with Crippen molar-refractivity contribution in [2.75, 3.05) is 6.54 Å². The van der Waals surface area contributed by atoms with Crippen LogP contribution in [0.15, 0.2) is 18.3 Å². The monoisotopic (exact) mass is 237 g/mol. The fourth-order valence-electron chi connectivity index (χ4n) is 1.14. The van der Waals surface area contributed by atoms with Crippen LogP contribution in [-0.2, 0) is 6.54 Å². The van der Waals surface area contributed by atoms with Crippen molar-refractivity contribution in [1.29, 1.82) is 0 Å². The number of amides is 2. The van der Waals surface area contributed by atoms with Crippen molar-refractivity contribution in [3.8, 4) is 0 Å². The number of carboxylic acids is 1. The number of urea groups is 1. The summed E-state index contributed by atoms with van der Waals surface area (Å²) in [5.74, 6) is -1.06. The number of aromatic carboxylic acids is 1. The molecular formula is C11H15N3O3. The molecule has 0 spiro atoms. The second kappa shape index (κ2) is 6.47. The smallest absolute Gasteiger partial charge is 0.354 e. The molecule has 0 bridgehead atoms. The molecule has 1 heterocycles. The molecule has 1 aromatic heterocycles. The van der Waals surface area contributed by atoms with Crippen molar-refractivity contribution >= 4 is 12.0 Å². The van der Waals surface area contributed by atoms with E-state index >= 15 is 0 Å². The van der Waals surface area contributed by atoms with Gasteiger partial charge >= 0.3 is 12.0 Å². The highest BCUT2D eigenvalue weighted by Gasteiger charge is 2.04. The average molecular weight is 237 g/mol. The van der Waals surface area contributed by atoms with Crippen LogP contribution in [0.5, 0.6) is 0 Å². The average Bonchev–Trinajstić information content (AvgIpc) is 2.34. The van der Waals surface area contributed by atoms with Gasteiger partial charge in [0, 0.05) is 19.3 Å². The normalized spacial score (nSPS) is 9.71. The molecule has 1 aromatic rings. The molecule has 6 nitrogen and oxygen atoms in total. The summed E-state index contributed by atoms with van der Waals surface area (Å²) in [6.45, 7) is 2.92. The Morgan fingerprint density at radius 3 is 2.65 bits per heavy atom. The Labute approximate surface area is 99.1 Å². The number of nitrogens with zero attached hydrogens (tertiary/aromatic N) is 1. The minimum Gasteiger partial charge on any atom is -0.477 e. The van der Waals surface area contributed by atoms with Gasteiger partial charge in [0.15, 0.2) is 0 Å². The van der Waals surface area contributed by atoms with Gasteiger partial charge < -0.3 is 15.7 Å². The lowest BCUT2D eigenvalue weighted by molar-refractivity contribution is 0.0690. The van der Waals surface area contributed by atoms with E-state index in [1.165, 1.54) is 12.3 Å². The molecule has 0 radical (unpaired) electrons. The maximum Gasteiger partial charge on any atom is 0.354 e. The highest BCUT2D eigenvalue weighted by Crippen LogP contribution is 1.99. The minimum atomic E-state index is -1.06. The maximum atomic E-state index is 11.2. The highest BCUT2D eigenvalue weighted by molar-refractivity contribution is 5.85. The first-order valence-corrected chi connectivity index (χ1v) is 5.33. The Morgan fingerprint density at radius 2 is 2.12 bits per heavy atom. The maximum absolute atomic E-state index is 11.2. The van der Waals surface area contributed by atoms with E-state index in [0.717, 1.165) is 12.0 Å². The molecule has 1 rings (SSSR count). The summed E-state index contributed by atoms with van der Waals surface area (Å²) in [5.41, 5.74) is 0.742. The largest absolute Gasteiger partial charge is 0.477 e. The zero-order valence-corrected chi connectivity index (χ0v) is 9.56. The van der Waals surface area contributed by atoms with Gasteiger partial charge in [-0.1, -0.05) is 13.0 Å². The summed E-state index contributed by atoms with van der Waals surface area (Å²) >= 11 is 0. The predicted molar refractivity (Wildman–Crippen MR) is 61.7 cm³/mol. The lowest BCUT2D eigenvalue weighted by atomic mass is 10.2. The summed E-state index contributed by atoms with van der Waals surface area (Å²) < 4.78 is 0. The molecule has 0 aliphatic rings. The Bertz CT molecular complexity index is 389. The summed E-state index contributed by atoms with van der Waals surface area (Å²) in [5, 5.41) is 14.0. The lowest BCUT2D eigenvalue weighted by Gasteiger charge is -2.06. The van der Waals surface area contributed by atoms with Gasteiger partial charge in [-0.15, -0.1) is 0 Å². The van der Waals surface area contributed by atoms with Crippen LogP contribution < -0.4 is 10.6 Å². The molecule has 0 aliphatic carbocycles. The van der Waals surface area contributed by atoms with Gasteiger partial charge in [0.25, 0.3) is 0 Å². The SMILES string of the molecule is CCCNC(=O)NCc1ccc(C(=O)O)nc1. The van der Waals surface area contributed by atoms with Crippen molar-refractivity contribution in [3.05, 3.63) is 29.6 Å². The Hall–Kier alpha value is -2.11. The van der Waals surface area contributed by atoms with Gasteiger partial charge in [0.05, 0.1) is 0 Å². The summed E-state index contributed by atoms with van der Waals surface area (Å²) in [4.78, 5) is 25.5. The molecular weight excluding hydrogens is 222 g/mol. The number of hydrogen-bond donors (Lipinski definition) is 3. The molecule has 6 heteroatoms. The van der Waals surface area contributed by atoms with E-state index in [4.69, 9.17) is 5.11 Å². The molecule has 0 fully saturated rings. The number of pyridine rings is 1. The standard InChI is InChI=1S/C11H15N3O3/c1-2-5-12-11(17)14-7-8-3-4-9(10(15)16)13-6-8/h3-4,6H,2,5,7H2,1H3,(H,15,16)(H2,12,14,17). The van der Waals surface area contributed by atoms with Gasteiger partial charge in [-0.2, -0.15) is 0 Å². The van der Waals surface area contributed by atoms with E-state index in [-0.39, 0.29) is 11.7 Å². The second-order valence-electron chi connectivity index (χ2n) is 3.47. The molecule has 0 aliphatic heterocycles. The first-order valence-electron chi connectivity index (χ1n) is 5.33. The Balaban J connectivity index is 2.42. The topological polar surface area (TPSA) is 91.3 Å². The van der Waals surface area contributed by atoms with E-state index in [0.29, 0.717) is 13.1 Å². The summed E-state index contributed by atoms with van der Waals surface area (Å²) in [6, 6.07) is 2.79. The van der Waals surface area contributed by atoms with E-state index < -0.39 is 5.97 Å². The molecule has 0 unspecified atom stereocenters. The molecule has 0 saturated heterocycles. The van der Waals surface area contributed by atoms with Gasteiger partial charge in [0.1, 0.15) is 5.69 Å². The van der Waals surface area contributed by atoms with Gasteiger partial charge in [0.2, 0.25) is 0 Å². The minimum absolute atomic E-state index is 0.0100. The van der Waals surface area contributed by atoms with Crippen LogP contribution in [0.4, 0.5) is 4.79 Å². The third-order valence-electron chi connectivity index (χ3n) is 2.03. The number of nitrogens with one attached hydrogen (secondary N) is 2. The van der Waals surface area contributed by atoms with E-state index in [1.54, 1.807) is 6.07 Å². The van der Waals surface area contributed by atoms with E-state index in [1.807, 2.05) is 6.92 Å². The Morgan fingerprint density at radius 1 is 1.35 bits per heavy atom. The lowest BCUT2D eigenvalue weighted by Crippen LogP contribution is -2.35. The van der Waals surface area contributed by atoms with Crippen molar-refractivity contribution in [2.24, 2.45) is 0 Å². The first kappa shape index (κ1) is 13.0. The van der Waals surface area contributed by atoms with Crippen LogP contribution >= 0.6 is 0 Å². The fraction of sp³-hybridized carbons (Fsp3) is 0.364. The summed E-state index contributed by atoms with van der Waals surface area (Å²) in [7, 11) is 0. The number of aromatic nitrogens is 1. The molecule has 92 valence electrons. The zero-order chi connectivity index (χ0) is 12.7. The van der Waals surface area contributed by atoms with Crippen LogP contribution in [0, 0.1) is 0 Å². The van der Waals surface area contributed by atoms with Crippen molar-refractivity contribution < 1.29 is 14.7 Å². The van der Waals surface area contributed by atoms with Crippen LogP contribution in [0.1, 0.15) is 29.4 Å². The third kappa shape index (κ3) is 4.50. The molecule has 0 atom stereocenters. The highest BCUT2D eigenvalue weighted by atomic mass is 16.4. The van der Waals surface area contributed by atoms with Crippen LogP contribution in [-0.4, -0.2) is 28.6 Å². The Kier molecular flexibility index (Phi) is 4.93. The van der Waals surface area contributed by atoms with Crippen LogP contribution in [0.2, 0.25) is 0 Å². The van der Waals surface area contributed by atoms with Gasteiger partial charge in [-0.05, 0) is 18.1 Å². The fourth-order valence-corrected chi connectivity index (χ4v) is 1.14. The predicted octanol–water partition coefficient (Wildman–Crippen LogP) is 0.989. The van der Waals surface area contributed by atoms with Crippen LogP contribution in [0.3, 0.4) is 0 Å². The van der Waals surface area contributed by atoms with E-state index in [2.05, 4.69) is 15.6 Å². The van der Waals surface area contributed by atoms with Gasteiger partial charge in [-0.25, -0.2) is 14.6 Å². The molecule has 3 N–H and O–H groups in total. The van der Waals surface area contributed by atoms with Crippen molar-refractivity contribution in [3.63, 3.8) is 0 Å².